The van der Waals surface area contributed by atoms with Gasteiger partial charge in [0, 0.05) is 6.04 Å². The molecule has 0 aromatic heterocycles. The highest BCUT2D eigenvalue weighted by molar-refractivity contribution is 7.80. The molecule has 0 radical (unpaired) electrons. The maximum atomic E-state index is 4.13. The van der Waals surface area contributed by atoms with Crippen molar-refractivity contribution in [2.45, 2.75) is 19.4 Å². The third kappa shape index (κ3) is 3.33. The average molecular weight is 133 g/mol. The van der Waals surface area contributed by atoms with Crippen LogP contribution >= 0.6 is 12.6 Å². The maximum absolute atomic E-state index is 4.13. The van der Waals surface area contributed by atoms with E-state index in [2.05, 4.69) is 38.5 Å². The van der Waals surface area contributed by atoms with Crippen molar-refractivity contribution in [3.63, 3.8) is 0 Å². The predicted molar refractivity (Wildman–Crippen MR) is 41.6 cm³/mol. The minimum Gasteiger partial charge on any atom is -0.307 e. The monoisotopic (exact) mass is 133 g/mol. The first-order chi connectivity index (χ1) is 3.68. The van der Waals surface area contributed by atoms with Crippen molar-refractivity contribution in [3.05, 3.63) is 0 Å². The van der Waals surface area contributed by atoms with Crippen LogP contribution < -0.4 is 0 Å². The molecule has 0 heterocycles. The summed E-state index contributed by atoms with van der Waals surface area (Å²) >= 11 is 4.13. The Morgan fingerprint density at radius 3 is 2.12 bits per heavy atom. The summed E-state index contributed by atoms with van der Waals surface area (Å²) < 4.78 is 0. The Morgan fingerprint density at radius 1 is 1.50 bits per heavy atom. The van der Waals surface area contributed by atoms with Crippen molar-refractivity contribution in [1.82, 2.24) is 4.90 Å². The van der Waals surface area contributed by atoms with Gasteiger partial charge in [-0.2, -0.15) is 12.6 Å². The summed E-state index contributed by atoms with van der Waals surface area (Å²) in [6.07, 6.45) is 1.18. The average Bonchev–Trinajstić information content (AvgIpc) is 1.67. The van der Waals surface area contributed by atoms with Crippen LogP contribution in [0.5, 0.6) is 0 Å². The van der Waals surface area contributed by atoms with E-state index in [1.807, 2.05) is 0 Å². The van der Waals surface area contributed by atoms with Gasteiger partial charge >= 0.3 is 0 Å². The summed E-state index contributed by atoms with van der Waals surface area (Å²) in [4.78, 5) is 2.20. The third-order valence-electron chi connectivity index (χ3n) is 1.43. The van der Waals surface area contributed by atoms with E-state index in [0.29, 0.717) is 6.04 Å². The van der Waals surface area contributed by atoms with Crippen LogP contribution in [0.4, 0.5) is 0 Å². The Morgan fingerprint density at radius 2 is 2.00 bits per heavy atom. The van der Waals surface area contributed by atoms with Gasteiger partial charge in [-0.05, 0) is 33.2 Å². The van der Waals surface area contributed by atoms with E-state index in [1.165, 1.54) is 6.42 Å². The lowest BCUT2D eigenvalue weighted by Crippen LogP contribution is -2.24. The van der Waals surface area contributed by atoms with Crippen LogP contribution in [-0.2, 0) is 0 Å². The number of thiol groups is 1. The zero-order valence-electron chi connectivity index (χ0n) is 5.89. The quantitative estimate of drug-likeness (QED) is 0.567. The molecule has 2 heteroatoms. The normalized spacial score (nSPS) is 14.6. The zero-order chi connectivity index (χ0) is 6.57. The van der Waals surface area contributed by atoms with Gasteiger partial charge in [0.05, 0.1) is 0 Å². The molecule has 0 N–H and O–H groups in total. The third-order valence-corrected chi connectivity index (χ3v) is 1.69. The first kappa shape index (κ1) is 8.31. The molecule has 0 bridgehead atoms. The fourth-order valence-electron chi connectivity index (χ4n) is 0.445. The van der Waals surface area contributed by atoms with Crippen LogP contribution in [0, 0.1) is 0 Å². The highest BCUT2D eigenvalue weighted by atomic mass is 32.1. The van der Waals surface area contributed by atoms with E-state index < -0.39 is 0 Å². The van der Waals surface area contributed by atoms with Crippen molar-refractivity contribution in [2.75, 3.05) is 19.8 Å². The van der Waals surface area contributed by atoms with Crippen molar-refractivity contribution < 1.29 is 0 Å². The van der Waals surface area contributed by atoms with Gasteiger partial charge in [-0.15, -0.1) is 0 Å². The van der Waals surface area contributed by atoms with Crippen molar-refractivity contribution >= 4 is 12.6 Å². The van der Waals surface area contributed by atoms with Crippen molar-refractivity contribution in [1.29, 1.82) is 0 Å². The Kier molecular flexibility index (Phi) is 4.38. The van der Waals surface area contributed by atoms with E-state index in [4.69, 9.17) is 0 Å². The summed E-state index contributed by atoms with van der Waals surface area (Å²) in [7, 11) is 4.18. The fraction of sp³-hybridized carbons (Fsp3) is 1.00. The lowest BCUT2D eigenvalue weighted by Gasteiger charge is -2.17. The van der Waals surface area contributed by atoms with Gasteiger partial charge in [0.15, 0.2) is 0 Å². The largest absolute Gasteiger partial charge is 0.307 e. The van der Waals surface area contributed by atoms with Gasteiger partial charge in [0.2, 0.25) is 0 Å². The molecule has 0 aromatic carbocycles. The summed E-state index contributed by atoms with van der Waals surface area (Å²) in [5.74, 6) is 0.985. The summed E-state index contributed by atoms with van der Waals surface area (Å²) in [6, 6.07) is 0.674. The summed E-state index contributed by atoms with van der Waals surface area (Å²) in [5.41, 5.74) is 0. The molecule has 0 rings (SSSR count). The van der Waals surface area contributed by atoms with Gasteiger partial charge in [-0.25, -0.2) is 0 Å². The van der Waals surface area contributed by atoms with Crippen LogP contribution in [0.15, 0.2) is 0 Å². The van der Waals surface area contributed by atoms with Crippen LogP contribution in [0.25, 0.3) is 0 Å². The van der Waals surface area contributed by atoms with Gasteiger partial charge in [0.1, 0.15) is 0 Å². The SMILES string of the molecule is CC(CCS)N(C)C. The number of rotatable bonds is 3. The fourth-order valence-corrected chi connectivity index (χ4v) is 0.819. The minimum absolute atomic E-state index is 0.674. The minimum atomic E-state index is 0.674. The molecule has 0 aliphatic heterocycles. The lowest BCUT2D eigenvalue weighted by atomic mass is 10.2. The van der Waals surface area contributed by atoms with E-state index in [9.17, 15) is 0 Å². The molecule has 0 aliphatic rings. The molecular weight excluding hydrogens is 118 g/mol. The van der Waals surface area contributed by atoms with Gasteiger partial charge in [-0.1, -0.05) is 0 Å². The topological polar surface area (TPSA) is 3.24 Å². The molecule has 50 valence electrons. The summed E-state index contributed by atoms with van der Waals surface area (Å²) in [6.45, 7) is 2.20. The molecule has 1 nitrogen and oxygen atoms in total. The second kappa shape index (κ2) is 4.21. The molecule has 0 fully saturated rings. The lowest BCUT2D eigenvalue weighted by molar-refractivity contribution is 0.308. The smallest absolute Gasteiger partial charge is 0.00686 e. The first-order valence-electron chi connectivity index (χ1n) is 2.95. The van der Waals surface area contributed by atoms with E-state index >= 15 is 0 Å². The Labute approximate surface area is 57.5 Å². The highest BCUT2D eigenvalue weighted by Crippen LogP contribution is 1.97. The summed E-state index contributed by atoms with van der Waals surface area (Å²) in [5, 5.41) is 0. The number of hydrogen-bond acceptors (Lipinski definition) is 2. The molecule has 0 saturated carbocycles. The Hall–Kier alpha value is 0.310. The van der Waals surface area contributed by atoms with E-state index in [-0.39, 0.29) is 0 Å². The van der Waals surface area contributed by atoms with Gasteiger partial charge in [0.25, 0.3) is 0 Å². The van der Waals surface area contributed by atoms with Crippen LogP contribution in [-0.4, -0.2) is 30.8 Å². The first-order valence-corrected chi connectivity index (χ1v) is 3.59. The van der Waals surface area contributed by atoms with Gasteiger partial charge < -0.3 is 4.90 Å². The molecule has 0 amide bonds. The predicted octanol–water partition coefficient (Wildman–Crippen LogP) is 1.26. The molecule has 1 unspecified atom stereocenters. The van der Waals surface area contributed by atoms with Crippen molar-refractivity contribution in [2.24, 2.45) is 0 Å². The maximum Gasteiger partial charge on any atom is 0.00686 e. The zero-order valence-corrected chi connectivity index (χ0v) is 6.78. The molecule has 0 aliphatic carbocycles. The Balaban J connectivity index is 3.17. The standard InChI is InChI=1S/C6H15NS/c1-6(4-5-8)7(2)3/h6,8H,4-5H2,1-3H3. The molecular formula is C6H15NS. The number of nitrogens with zero attached hydrogens (tertiary/aromatic N) is 1. The molecule has 8 heavy (non-hydrogen) atoms. The molecule has 0 spiro atoms. The number of hydrogen-bond donors (Lipinski definition) is 1. The molecule has 0 aromatic rings. The second-order valence-corrected chi connectivity index (χ2v) is 2.77. The highest BCUT2D eigenvalue weighted by Gasteiger charge is 2.00. The molecule has 0 saturated heterocycles. The second-order valence-electron chi connectivity index (χ2n) is 2.32. The van der Waals surface area contributed by atoms with Crippen LogP contribution in [0.2, 0.25) is 0 Å². The van der Waals surface area contributed by atoms with Gasteiger partial charge in [-0.3, -0.25) is 0 Å². The van der Waals surface area contributed by atoms with Crippen LogP contribution in [0.3, 0.4) is 0 Å². The van der Waals surface area contributed by atoms with E-state index in [0.717, 1.165) is 5.75 Å². The van der Waals surface area contributed by atoms with Crippen molar-refractivity contribution in [3.8, 4) is 0 Å². The van der Waals surface area contributed by atoms with E-state index in [1.54, 1.807) is 0 Å². The van der Waals surface area contributed by atoms with Crippen LogP contribution in [0.1, 0.15) is 13.3 Å². The Bertz CT molecular complexity index is 54.5. The molecule has 1 atom stereocenters.